The summed E-state index contributed by atoms with van der Waals surface area (Å²) in [5.74, 6) is 0. The molecule has 0 N–H and O–H groups in total. The fourth-order valence-corrected chi connectivity index (χ4v) is 3.47. The van der Waals surface area contributed by atoms with Crippen LogP contribution in [0.3, 0.4) is 0 Å². The van der Waals surface area contributed by atoms with Gasteiger partial charge in [0, 0.05) is 5.02 Å². The molecule has 3 rings (SSSR count). The van der Waals surface area contributed by atoms with E-state index in [1.807, 2.05) is 18.2 Å². The lowest BCUT2D eigenvalue weighted by atomic mass is 10.2. The Morgan fingerprint density at radius 1 is 1.04 bits per heavy atom. The summed E-state index contributed by atoms with van der Waals surface area (Å²) in [6, 6.07) is 19.7. The first-order valence-electron chi connectivity index (χ1n) is 7.23. The van der Waals surface area contributed by atoms with E-state index in [0.717, 1.165) is 16.9 Å². The van der Waals surface area contributed by atoms with Crippen molar-refractivity contribution in [3.8, 4) is 17.8 Å². The van der Waals surface area contributed by atoms with Crippen molar-refractivity contribution in [3.05, 3.63) is 84.7 Å². The first kappa shape index (κ1) is 16.7. The summed E-state index contributed by atoms with van der Waals surface area (Å²) in [5.41, 5.74) is 1.05. The van der Waals surface area contributed by atoms with Crippen LogP contribution in [-0.4, -0.2) is 4.57 Å². The van der Waals surface area contributed by atoms with E-state index in [1.54, 1.807) is 54.6 Å². The van der Waals surface area contributed by atoms with E-state index in [4.69, 9.17) is 11.6 Å². The van der Waals surface area contributed by atoms with Crippen molar-refractivity contribution in [1.29, 1.82) is 10.5 Å². The molecule has 0 bridgehead atoms. The van der Waals surface area contributed by atoms with Gasteiger partial charge in [0.2, 0.25) is 0 Å². The number of thiazole rings is 1. The van der Waals surface area contributed by atoms with Gasteiger partial charge in [0.15, 0.2) is 5.57 Å². The van der Waals surface area contributed by atoms with Crippen LogP contribution in [0.25, 0.3) is 17.3 Å². The van der Waals surface area contributed by atoms with Crippen molar-refractivity contribution in [2.75, 3.05) is 0 Å². The van der Waals surface area contributed by atoms with Crippen LogP contribution in [0.4, 0.5) is 0 Å². The minimum atomic E-state index is -0.274. The average Bonchev–Trinajstić information content (AvgIpc) is 2.95. The van der Waals surface area contributed by atoms with E-state index in [1.165, 1.54) is 4.57 Å². The van der Waals surface area contributed by atoms with E-state index < -0.39 is 0 Å². The van der Waals surface area contributed by atoms with Crippen LogP contribution in [0.2, 0.25) is 5.02 Å². The number of nitriles is 2. The Bertz CT molecular complexity index is 1160. The highest BCUT2D eigenvalue weighted by Crippen LogP contribution is 2.10. The Morgan fingerprint density at radius 2 is 1.68 bits per heavy atom. The number of hydrogen-bond acceptors (Lipinski definition) is 4. The highest BCUT2D eigenvalue weighted by Gasteiger charge is 2.10. The zero-order valence-corrected chi connectivity index (χ0v) is 14.4. The van der Waals surface area contributed by atoms with Gasteiger partial charge < -0.3 is 0 Å². The summed E-state index contributed by atoms with van der Waals surface area (Å²) < 4.78 is 2.15. The van der Waals surface area contributed by atoms with Crippen LogP contribution >= 0.6 is 22.9 Å². The van der Waals surface area contributed by atoms with Gasteiger partial charge in [0.1, 0.15) is 16.8 Å². The van der Waals surface area contributed by atoms with Crippen LogP contribution in [-0.2, 0) is 0 Å². The molecule has 1 heterocycles. The molecule has 0 aliphatic carbocycles. The predicted octanol–water partition coefficient (Wildman–Crippen LogP) is 2.58. The summed E-state index contributed by atoms with van der Waals surface area (Å²) in [7, 11) is 0. The van der Waals surface area contributed by atoms with Gasteiger partial charge in [-0.25, -0.2) is 0 Å². The molecule has 6 heteroatoms. The smallest absolute Gasteiger partial charge is 0.267 e. The largest absolute Gasteiger partial charge is 0.273 e. The number of halogens is 1. The molecule has 0 amide bonds. The van der Waals surface area contributed by atoms with Crippen LogP contribution < -0.4 is 14.8 Å². The number of aromatic nitrogens is 1. The highest BCUT2D eigenvalue weighted by molar-refractivity contribution is 7.07. The summed E-state index contributed by atoms with van der Waals surface area (Å²) in [6.45, 7) is 0. The summed E-state index contributed by atoms with van der Waals surface area (Å²) in [6.07, 6.45) is 1.72. The summed E-state index contributed by atoms with van der Waals surface area (Å²) >= 11 is 7.00. The van der Waals surface area contributed by atoms with Crippen LogP contribution in [0.15, 0.2) is 59.4 Å². The van der Waals surface area contributed by atoms with Gasteiger partial charge in [-0.15, -0.1) is 11.3 Å². The Hall–Kier alpha value is -3.12. The molecule has 0 aliphatic heterocycles. The van der Waals surface area contributed by atoms with E-state index in [-0.39, 0.29) is 11.1 Å². The van der Waals surface area contributed by atoms with Gasteiger partial charge in [-0.05, 0) is 35.9 Å². The molecule has 0 atom stereocenters. The standard InChI is InChI=1S/C19H10ClN3OS/c20-15-8-6-13(7-9-15)10-17-18(24)23(16-4-2-1-3-5-16)19(25-17)14(11-21)12-22/h1-10H. The molecule has 4 nitrogen and oxygen atoms in total. The second-order valence-electron chi connectivity index (χ2n) is 5.04. The first-order chi connectivity index (χ1) is 12.1. The molecule has 2 aromatic carbocycles. The Labute approximate surface area is 152 Å². The van der Waals surface area contributed by atoms with Crippen LogP contribution in [0.1, 0.15) is 5.56 Å². The maximum absolute atomic E-state index is 12.9. The normalized spacial score (nSPS) is 10.9. The molecule has 25 heavy (non-hydrogen) atoms. The molecule has 0 spiro atoms. The lowest BCUT2D eigenvalue weighted by molar-refractivity contribution is 0.988. The van der Waals surface area contributed by atoms with Crippen LogP contribution in [0.5, 0.6) is 0 Å². The number of rotatable bonds is 2. The topological polar surface area (TPSA) is 69.6 Å². The van der Waals surface area contributed by atoms with Gasteiger partial charge in [0.05, 0.1) is 10.2 Å². The Balaban J connectivity index is 2.37. The van der Waals surface area contributed by atoms with E-state index in [0.29, 0.717) is 19.9 Å². The Kier molecular flexibility index (Phi) is 4.81. The van der Waals surface area contributed by atoms with Crippen molar-refractivity contribution < 1.29 is 0 Å². The van der Waals surface area contributed by atoms with Crippen molar-refractivity contribution in [3.63, 3.8) is 0 Å². The molecule has 0 radical (unpaired) electrons. The van der Waals surface area contributed by atoms with Gasteiger partial charge >= 0.3 is 0 Å². The fourth-order valence-electron chi connectivity index (χ4n) is 2.29. The third kappa shape index (κ3) is 3.39. The van der Waals surface area contributed by atoms with E-state index in [9.17, 15) is 15.3 Å². The maximum Gasteiger partial charge on any atom is 0.273 e. The predicted molar refractivity (Wildman–Crippen MR) is 98.8 cm³/mol. The molecule has 0 fully saturated rings. The van der Waals surface area contributed by atoms with Gasteiger partial charge in [-0.2, -0.15) is 10.5 Å². The number of benzene rings is 2. The minimum absolute atomic E-state index is 0.0956. The summed E-state index contributed by atoms with van der Waals surface area (Å²) in [4.78, 5) is 12.9. The number of para-hydroxylation sites is 1. The monoisotopic (exact) mass is 363 g/mol. The molecule has 3 aromatic rings. The molecule has 0 saturated heterocycles. The minimum Gasteiger partial charge on any atom is -0.267 e. The van der Waals surface area contributed by atoms with Gasteiger partial charge in [-0.1, -0.05) is 41.9 Å². The number of nitrogens with zero attached hydrogens (tertiary/aromatic N) is 3. The molecule has 0 saturated carbocycles. The Morgan fingerprint density at radius 3 is 2.28 bits per heavy atom. The fraction of sp³-hybridized carbons (Fsp3) is 0. The van der Waals surface area contributed by atoms with Crippen molar-refractivity contribution in [1.82, 2.24) is 4.57 Å². The van der Waals surface area contributed by atoms with Gasteiger partial charge in [-0.3, -0.25) is 9.36 Å². The SMILES string of the molecule is N#CC(C#N)=c1sc(=Cc2ccc(Cl)cc2)c(=O)n1-c1ccccc1. The van der Waals surface area contributed by atoms with Crippen molar-refractivity contribution in [2.45, 2.75) is 0 Å². The highest BCUT2D eigenvalue weighted by atomic mass is 35.5. The van der Waals surface area contributed by atoms with Crippen molar-refractivity contribution in [2.24, 2.45) is 0 Å². The molecule has 0 aliphatic rings. The number of hydrogen-bond donors (Lipinski definition) is 0. The van der Waals surface area contributed by atoms with E-state index in [2.05, 4.69) is 0 Å². The van der Waals surface area contributed by atoms with E-state index >= 15 is 0 Å². The third-order valence-corrected chi connectivity index (χ3v) is 4.79. The lowest BCUT2D eigenvalue weighted by Gasteiger charge is -2.00. The third-order valence-electron chi connectivity index (χ3n) is 3.44. The summed E-state index contributed by atoms with van der Waals surface area (Å²) in [5, 5.41) is 19.1. The van der Waals surface area contributed by atoms with Crippen LogP contribution in [0, 0.1) is 22.7 Å². The molecular formula is C19H10ClN3OS. The quantitative estimate of drug-likeness (QED) is 0.702. The second-order valence-corrected chi connectivity index (χ2v) is 6.51. The molecular weight excluding hydrogens is 354 g/mol. The lowest BCUT2D eigenvalue weighted by Crippen LogP contribution is -2.30. The maximum atomic E-state index is 12.9. The molecule has 0 unspecified atom stereocenters. The van der Waals surface area contributed by atoms with Gasteiger partial charge in [0.25, 0.3) is 5.56 Å². The molecule has 120 valence electrons. The zero-order chi connectivity index (χ0) is 17.8. The zero-order valence-electron chi connectivity index (χ0n) is 12.8. The first-order valence-corrected chi connectivity index (χ1v) is 8.42. The average molecular weight is 364 g/mol. The molecule has 1 aromatic heterocycles. The second kappa shape index (κ2) is 7.19. The van der Waals surface area contributed by atoms with Crippen molar-refractivity contribution >= 4 is 34.6 Å².